The highest BCUT2D eigenvalue weighted by Gasteiger charge is 2.48. The van der Waals surface area contributed by atoms with Crippen molar-refractivity contribution in [3.8, 4) is 22.8 Å². The zero-order valence-electron chi connectivity index (χ0n) is 18.6. The highest BCUT2D eigenvalue weighted by atomic mass is 32.2. The number of nitrogens with zero attached hydrogens (tertiary/aromatic N) is 1. The Balaban J connectivity index is 1.17. The fourth-order valence-corrected chi connectivity index (χ4v) is 4.23. The zero-order chi connectivity index (χ0) is 23.5. The van der Waals surface area contributed by atoms with Crippen LogP contribution >= 0.6 is 0 Å². The number of rotatable bonds is 10. The van der Waals surface area contributed by atoms with Crippen LogP contribution in [0.2, 0.25) is 0 Å². The fourth-order valence-electron chi connectivity index (χ4n) is 3.56. The first-order valence-electron chi connectivity index (χ1n) is 11.4. The fraction of sp³-hybridized carbons (Fsp3) is 0.308. The number of amides is 1. The Morgan fingerprint density at radius 1 is 1.00 bits per heavy atom. The van der Waals surface area contributed by atoms with Crippen molar-refractivity contribution in [1.82, 2.24) is 10.3 Å². The summed E-state index contributed by atoms with van der Waals surface area (Å²) in [6.07, 6.45) is 5.24. The van der Waals surface area contributed by atoms with Crippen molar-refractivity contribution in [2.45, 2.75) is 37.2 Å². The van der Waals surface area contributed by atoms with Crippen LogP contribution < -0.4 is 14.8 Å². The normalized spacial score (nSPS) is 16.1. The Morgan fingerprint density at radius 3 is 2.44 bits per heavy atom. The zero-order valence-corrected chi connectivity index (χ0v) is 19.5. The van der Waals surface area contributed by atoms with E-state index in [9.17, 15) is 13.2 Å². The SMILES string of the molecule is O=C(NC1([SH](=O)=O)CC1)c1ccc(COc2cccc(-c3ccc(OCC4CC4)nc3)c2)cc1. The molecule has 0 bridgehead atoms. The van der Waals surface area contributed by atoms with Crippen LogP contribution in [0, 0.1) is 5.92 Å². The van der Waals surface area contributed by atoms with Crippen molar-refractivity contribution >= 4 is 16.6 Å². The van der Waals surface area contributed by atoms with Gasteiger partial charge in [0.2, 0.25) is 5.88 Å². The molecule has 1 heterocycles. The van der Waals surface area contributed by atoms with Crippen molar-refractivity contribution < 1.29 is 22.7 Å². The second-order valence-corrected chi connectivity index (χ2v) is 10.3. The van der Waals surface area contributed by atoms with Gasteiger partial charge in [-0.2, -0.15) is 0 Å². The van der Waals surface area contributed by atoms with Gasteiger partial charge in [0.15, 0.2) is 10.7 Å². The molecule has 2 aliphatic rings. The van der Waals surface area contributed by atoms with E-state index in [0.29, 0.717) is 36.8 Å². The Morgan fingerprint density at radius 2 is 1.79 bits per heavy atom. The number of hydrogen-bond acceptors (Lipinski definition) is 6. The molecular formula is C26H26N2O5S. The second-order valence-electron chi connectivity index (χ2n) is 8.90. The lowest BCUT2D eigenvalue weighted by atomic mass is 10.1. The van der Waals surface area contributed by atoms with Crippen LogP contribution in [-0.2, 0) is 17.3 Å². The van der Waals surface area contributed by atoms with Crippen LogP contribution in [0.25, 0.3) is 11.1 Å². The maximum absolute atomic E-state index is 12.3. The summed E-state index contributed by atoms with van der Waals surface area (Å²) in [6.45, 7) is 1.08. The molecule has 1 amide bonds. The number of carbonyl (C=O) groups excluding carboxylic acids is 1. The maximum atomic E-state index is 12.3. The van der Waals surface area contributed by atoms with E-state index in [1.165, 1.54) is 12.8 Å². The van der Waals surface area contributed by atoms with E-state index < -0.39 is 15.6 Å². The Labute approximate surface area is 200 Å². The van der Waals surface area contributed by atoms with E-state index >= 15 is 0 Å². The number of thiol groups is 1. The predicted octanol–water partition coefficient (Wildman–Crippen LogP) is 3.95. The molecule has 176 valence electrons. The highest BCUT2D eigenvalue weighted by Crippen LogP contribution is 2.36. The Hall–Kier alpha value is -3.39. The number of hydrogen-bond donors (Lipinski definition) is 2. The molecule has 7 nitrogen and oxygen atoms in total. The highest BCUT2D eigenvalue weighted by molar-refractivity contribution is 7.74. The number of ether oxygens (including phenoxy) is 2. The van der Waals surface area contributed by atoms with Crippen molar-refractivity contribution in [1.29, 1.82) is 0 Å². The number of nitrogens with one attached hydrogen (secondary N) is 1. The lowest BCUT2D eigenvalue weighted by Gasteiger charge is -2.11. The molecule has 34 heavy (non-hydrogen) atoms. The minimum atomic E-state index is -2.68. The minimum Gasteiger partial charge on any atom is -0.489 e. The van der Waals surface area contributed by atoms with Gasteiger partial charge in [0.25, 0.3) is 5.91 Å². The maximum Gasteiger partial charge on any atom is 0.252 e. The molecular weight excluding hydrogens is 452 g/mol. The molecule has 0 unspecified atom stereocenters. The molecule has 0 saturated heterocycles. The van der Waals surface area contributed by atoms with Crippen LogP contribution in [0.4, 0.5) is 0 Å². The van der Waals surface area contributed by atoms with Gasteiger partial charge in [-0.1, -0.05) is 24.3 Å². The summed E-state index contributed by atoms with van der Waals surface area (Å²) in [5, 5.41) is 2.62. The van der Waals surface area contributed by atoms with Crippen LogP contribution in [0.5, 0.6) is 11.6 Å². The largest absolute Gasteiger partial charge is 0.489 e. The first-order chi connectivity index (χ1) is 16.5. The molecule has 1 N–H and O–H groups in total. The topological polar surface area (TPSA) is 94.6 Å². The van der Waals surface area contributed by atoms with Gasteiger partial charge in [-0.25, -0.2) is 13.4 Å². The average Bonchev–Trinajstić information content (AvgIpc) is 3.79. The van der Waals surface area contributed by atoms with Crippen LogP contribution in [0.3, 0.4) is 0 Å². The van der Waals surface area contributed by atoms with Gasteiger partial charge in [0, 0.05) is 23.4 Å². The summed E-state index contributed by atoms with van der Waals surface area (Å²) in [5.41, 5.74) is 3.30. The predicted molar refractivity (Wildman–Crippen MR) is 128 cm³/mol. The third-order valence-electron chi connectivity index (χ3n) is 6.11. The number of carbonyl (C=O) groups is 1. The third-order valence-corrected chi connectivity index (χ3v) is 7.37. The van der Waals surface area contributed by atoms with Crippen LogP contribution in [0.1, 0.15) is 41.6 Å². The third kappa shape index (κ3) is 5.39. The van der Waals surface area contributed by atoms with Crippen molar-refractivity contribution in [2.75, 3.05) is 6.61 Å². The first kappa shape index (κ1) is 22.4. The Kier molecular flexibility index (Phi) is 6.24. The molecule has 0 aliphatic heterocycles. The van der Waals surface area contributed by atoms with E-state index in [-0.39, 0.29) is 5.91 Å². The lowest BCUT2D eigenvalue weighted by Crippen LogP contribution is -2.37. The van der Waals surface area contributed by atoms with Crippen molar-refractivity contribution in [2.24, 2.45) is 5.92 Å². The summed E-state index contributed by atoms with van der Waals surface area (Å²) < 4.78 is 34.3. The minimum absolute atomic E-state index is 0.341. The summed E-state index contributed by atoms with van der Waals surface area (Å²) >= 11 is 0. The standard InChI is InChI=1S/C26H26N2O5S/c29-25(28-26(12-13-26)34(30)31)20-8-6-19(7-9-20)16-32-23-3-1-2-21(14-23)22-10-11-24(27-15-22)33-17-18-4-5-18/h1-3,6-11,14-15,18,34H,4-5,12-13,16-17H2,(H,28,29). The van der Waals surface area contributed by atoms with Gasteiger partial charge in [-0.15, -0.1) is 0 Å². The second kappa shape index (κ2) is 9.46. The Bertz CT molecular complexity index is 1240. The van der Waals surface area contributed by atoms with E-state index in [1.54, 1.807) is 30.5 Å². The average molecular weight is 479 g/mol. The summed E-state index contributed by atoms with van der Waals surface area (Å²) in [6, 6.07) is 18.6. The monoisotopic (exact) mass is 478 g/mol. The van der Waals surface area contributed by atoms with E-state index in [0.717, 1.165) is 29.0 Å². The quantitative estimate of drug-likeness (QED) is 0.429. The summed E-state index contributed by atoms with van der Waals surface area (Å²) in [4.78, 5) is 15.7. The van der Waals surface area contributed by atoms with Crippen molar-refractivity contribution in [3.63, 3.8) is 0 Å². The van der Waals surface area contributed by atoms with Gasteiger partial charge in [0.1, 0.15) is 17.2 Å². The lowest BCUT2D eigenvalue weighted by molar-refractivity contribution is 0.0945. The van der Waals surface area contributed by atoms with E-state index in [1.807, 2.05) is 36.4 Å². The molecule has 0 spiro atoms. The summed E-state index contributed by atoms with van der Waals surface area (Å²) in [5.74, 6) is 1.68. The molecule has 0 radical (unpaired) electrons. The number of aromatic nitrogens is 1. The molecule has 2 aliphatic carbocycles. The summed E-state index contributed by atoms with van der Waals surface area (Å²) in [7, 11) is -2.68. The van der Waals surface area contributed by atoms with E-state index in [4.69, 9.17) is 9.47 Å². The number of benzene rings is 2. The molecule has 5 rings (SSSR count). The molecule has 2 aromatic carbocycles. The van der Waals surface area contributed by atoms with E-state index in [2.05, 4.69) is 10.3 Å². The first-order valence-corrected chi connectivity index (χ1v) is 12.6. The van der Waals surface area contributed by atoms with Crippen LogP contribution in [-0.4, -0.2) is 30.8 Å². The van der Waals surface area contributed by atoms with Gasteiger partial charge in [0.05, 0.1) is 6.61 Å². The van der Waals surface area contributed by atoms with Crippen LogP contribution in [0.15, 0.2) is 66.9 Å². The molecule has 2 saturated carbocycles. The van der Waals surface area contributed by atoms with Gasteiger partial charge < -0.3 is 14.8 Å². The molecule has 1 aromatic heterocycles. The van der Waals surface area contributed by atoms with Gasteiger partial charge >= 0.3 is 0 Å². The van der Waals surface area contributed by atoms with Gasteiger partial charge in [-0.05, 0) is 73.1 Å². The van der Waals surface area contributed by atoms with Crippen molar-refractivity contribution in [3.05, 3.63) is 78.0 Å². The van der Waals surface area contributed by atoms with Gasteiger partial charge in [-0.3, -0.25) is 4.79 Å². The smallest absolute Gasteiger partial charge is 0.252 e. The molecule has 8 heteroatoms. The molecule has 0 atom stereocenters. The molecule has 2 fully saturated rings. The number of pyridine rings is 1. The molecule has 3 aromatic rings.